The van der Waals surface area contributed by atoms with Crippen molar-refractivity contribution in [2.24, 2.45) is 0 Å². The molecule has 6 nitrogen and oxygen atoms in total. The summed E-state index contributed by atoms with van der Waals surface area (Å²) in [4.78, 5) is 31.4. The Morgan fingerprint density at radius 1 is 1.07 bits per heavy atom. The maximum Gasteiger partial charge on any atom is 0.336 e. The van der Waals surface area contributed by atoms with Crippen molar-refractivity contribution in [1.29, 1.82) is 0 Å². The van der Waals surface area contributed by atoms with Crippen LogP contribution in [0.5, 0.6) is 0 Å². The number of likely N-dealkylation sites (tertiary alicyclic amines) is 1. The van der Waals surface area contributed by atoms with E-state index in [0.29, 0.717) is 18.2 Å². The molecular formula is C24H33N3O3. The van der Waals surface area contributed by atoms with Crippen LogP contribution < -0.4 is 5.63 Å². The highest BCUT2D eigenvalue weighted by Gasteiger charge is 2.26. The normalized spacial score (nSPS) is 21.3. The largest absolute Gasteiger partial charge is 0.423 e. The topological polar surface area (TPSA) is 57.0 Å². The van der Waals surface area contributed by atoms with Gasteiger partial charge in [0.2, 0.25) is 5.91 Å². The van der Waals surface area contributed by atoms with Crippen LogP contribution in [0, 0.1) is 0 Å². The Kier molecular flexibility index (Phi) is 6.54. The van der Waals surface area contributed by atoms with Crippen molar-refractivity contribution >= 4 is 16.9 Å². The first-order chi connectivity index (χ1) is 14.5. The predicted molar refractivity (Wildman–Crippen MR) is 119 cm³/mol. The summed E-state index contributed by atoms with van der Waals surface area (Å²) in [6.07, 6.45) is 4.44. The zero-order valence-electron chi connectivity index (χ0n) is 18.2. The molecule has 0 saturated carbocycles. The van der Waals surface area contributed by atoms with Crippen molar-refractivity contribution in [3.05, 3.63) is 45.8 Å². The van der Waals surface area contributed by atoms with Gasteiger partial charge >= 0.3 is 5.63 Å². The van der Waals surface area contributed by atoms with E-state index in [1.807, 2.05) is 12.1 Å². The summed E-state index contributed by atoms with van der Waals surface area (Å²) in [5.74, 6) is 0.273. The molecular weight excluding hydrogens is 378 g/mol. The van der Waals surface area contributed by atoms with Crippen LogP contribution >= 0.6 is 0 Å². The van der Waals surface area contributed by atoms with Crippen LogP contribution in [0.25, 0.3) is 11.0 Å². The Morgan fingerprint density at radius 3 is 2.57 bits per heavy atom. The lowest BCUT2D eigenvalue weighted by Gasteiger charge is -2.38. The van der Waals surface area contributed by atoms with Crippen molar-refractivity contribution in [3.63, 3.8) is 0 Å². The molecule has 0 aliphatic carbocycles. The van der Waals surface area contributed by atoms with E-state index in [1.54, 1.807) is 6.07 Å². The van der Waals surface area contributed by atoms with E-state index in [9.17, 15) is 9.59 Å². The van der Waals surface area contributed by atoms with Crippen LogP contribution in [0.3, 0.4) is 0 Å². The van der Waals surface area contributed by atoms with E-state index in [1.165, 1.54) is 12.0 Å². The Morgan fingerprint density at radius 2 is 1.83 bits per heavy atom. The molecule has 1 aromatic heterocycles. The number of hydrogen-bond acceptors (Lipinski definition) is 5. The molecule has 1 aromatic carbocycles. The first kappa shape index (κ1) is 21.1. The second kappa shape index (κ2) is 9.31. The standard InChI is InChI=1S/C24H33N3O3/c1-3-19-7-8-22-21(14-19)20(15-24(29)30-22)16-25-10-12-26(13-11-25)17-23(28)27-9-5-4-6-18(27)2/h7-8,14-15,18H,3-6,9-13,16-17H2,1-2H3/t18-/m1/s1. The number of piperazine rings is 1. The molecule has 1 atom stereocenters. The number of aryl methyl sites for hydroxylation is 1. The zero-order valence-corrected chi connectivity index (χ0v) is 18.2. The number of carbonyl (C=O) groups is 1. The number of amides is 1. The third kappa shape index (κ3) is 4.76. The number of benzene rings is 1. The van der Waals surface area contributed by atoms with Gasteiger partial charge in [0, 0.05) is 56.8 Å². The number of hydrogen-bond donors (Lipinski definition) is 0. The average Bonchev–Trinajstić information content (AvgIpc) is 2.75. The highest BCUT2D eigenvalue weighted by molar-refractivity contribution is 5.81. The summed E-state index contributed by atoms with van der Waals surface area (Å²) in [5, 5.41) is 1.03. The first-order valence-corrected chi connectivity index (χ1v) is 11.3. The molecule has 0 N–H and O–H groups in total. The summed E-state index contributed by atoms with van der Waals surface area (Å²) in [6, 6.07) is 8.08. The fraction of sp³-hybridized carbons (Fsp3) is 0.583. The van der Waals surface area contributed by atoms with E-state index in [2.05, 4.69) is 34.6 Å². The Balaban J connectivity index is 1.37. The quantitative estimate of drug-likeness (QED) is 0.708. The Labute approximate surface area is 178 Å². The molecule has 2 aromatic rings. The molecule has 2 aliphatic rings. The minimum absolute atomic E-state index is 0.273. The van der Waals surface area contributed by atoms with E-state index < -0.39 is 0 Å². The lowest BCUT2D eigenvalue weighted by atomic mass is 10.0. The molecule has 0 unspecified atom stereocenters. The number of nitrogens with zero attached hydrogens (tertiary/aromatic N) is 3. The van der Waals surface area contributed by atoms with Crippen LogP contribution in [-0.2, 0) is 17.8 Å². The maximum absolute atomic E-state index is 12.7. The van der Waals surface area contributed by atoms with Crippen molar-refractivity contribution in [2.75, 3.05) is 39.3 Å². The SMILES string of the molecule is CCc1ccc2oc(=O)cc(CN3CCN(CC(=O)N4CCCC[C@H]4C)CC3)c2c1. The van der Waals surface area contributed by atoms with Crippen molar-refractivity contribution < 1.29 is 9.21 Å². The smallest absolute Gasteiger partial charge is 0.336 e. The monoisotopic (exact) mass is 411 g/mol. The maximum atomic E-state index is 12.7. The molecule has 2 aliphatic heterocycles. The van der Waals surface area contributed by atoms with Gasteiger partial charge in [-0.3, -0.25) is 14.6 Å². The lowest BCUT2D eigenvalue weighted by Crippen LogP contribution is -2.51. The van der Waals surface area contributed by atoms with Gasteiger partial charge in [-0.1, -0.05) is 13.0 Å². The molecule has 4 rings (SSSR count). The van der Waals surface area contributed by atoms with Crippen molar-refractivity contribution in [3.8, 4) is 0 Å². The average molecular weight is 412 g/mol. The molecule has 3 heterocycles. The number of carbonyl (C=O) groups excluding carboxylic acids is 1. The van der Waals surface area contributed by atoms with Gasteiger partial charge < -0.3 is 9.32 Å². The highest BCUT2D eigenvalue weighted by atomic mass is 16.4. The van der Waals surface area contributed by atoms with Crippen LogP contribution in [0.15, 0.2) is 33.5 Å². The third-order valence-electron chi connectivity index (χ3n) is 6.64. The Hall–Kier alpha value is -2.18. The summed E-state index contributed by atoms with van der Waals surface area (Å²) >= 11 is 0. The molecule has 0 radical (unpaired) electrons. The molecule has 2 fully saturated rings. The van der Waals surface area contributed by atoms with Gasteiger partial charge in [0.1, 0.15) is 5.58 Å². The molecule has 1 amide bonds. The van der Waals surface area contributed by atoms with E-state index >= 15 is 0 Å². The fourth-order valence-corrected chi connectivity index (χ4v) is 4.72. The highest BCUT2D eigenvalue weighted by Crippen LogP contribution is 2.21. The van der Waals surface area contributed by atoms with Gasteiger partial charge in [0.25, 0.3) is 0 Å². The molecule has 0 bridgehead atoms. The Bertz CT molecular complexity index is 946. The van der Waals surface area contributed by atoms with Crippen molar-refractivity contribution in [1.82, 2.24) is 14.7 Å². The molecule has 0 spiro atoms. The van der Waals surface area contributed by atoms with Crippen LogP contribution in [-0.4, -0.2) is 65.9 Å². The van der Waals surface area contributed by atoms with Crippen LogP contribution in [0.2, 0.25) is 0 Å². The molecule has 2 saturated heterocycles. The van der Waals surface area contributed by atoms with Gasteiger partial charge in [-0.25, -0.2) is 4.79 Å². The fourth-order valence-electron chi connectivity index (χ4n) is 4.72. The minimum Gasteiger partial charge on any atom is -0.423 e. The summed E-state index contributed by atoms with van der Waals surface area (Å²) < 4.78 is 5.39. The molecule has 30 heavy (non-hydrogen) atoms. The third-order valence-corrected chi connectivity index (χ3v) is 6.64. The van der Waals surface area contributed by atoms with Gasteiger partial charge in [-0.2, -0.15) is 0 Å². The van der Waals surface area contributed by atoms with Gasteiger partial charge in [-0.05, 0) is 55.9 Å². The summed E-state index contributed by atoms with van der Waals surface area (Å²) in [5.41, 5.74) is 2.65. The van der Waals surface area contributed by atoms with E-state index in [0.717, 1.165) is 69.5 Å². The predicted octanol–water partition coefficient (Wildman–Crippen LogP) is 2.87. The second-order valence-electron chi connectivity index (χ2n) is 8.76. The lowest BCUT2D eigenvalue weighted by molar-refractivity contribution is -0.136. The van der Waals surface area contributed by atoms with E-state index in [4.69, 9.17) is 4.42 Å². The number of rotatable bonds is 5. The molecule has 162 valence electrons. The van der Waals surface area contributed by atoms with Crippen LogP contribution in [0.1, 0.15) is 44.2 Å². The second-order valence-corrected chi connectivity index (χ2v) is 8.76. The summed E-state index contributed by atoms with van der Waals surface area (Å²) in [7, 11) is 0. The van der Waals surface area contributed by atoms with Gasteiger partial charge in [0.05, 0.1) is 6.54 Å². The minimum atomic E-state index is -0.290. The zero-order chi connectivity index (χ0) is 21.1. The van der Waals surface area contributed by atoms with Gasteiger partial charge in [0.15, 0.2) is 0 Å². The number of piperidine rings is 1. The molecule has 6 heteroatoms. The van der Waals surface area contributed by atoms with E-state index in [-0.39, 0.29) is 11.5 Å². The summed E-state index contributed by atoms with van der Waals surface area (Å²) in [6.45, 7) is 10.0. The van der Waals surface area contributed by atoms with Crippen molar-refractivity contribution in [2.45, 2.75) is 52.1 Å². The number of fused-ring (bicyclic) bond motifs is 1. The van der Waals surface area contributed by atoms with Gasteiger partial charge in [-0.15, -0.1) is 0 Å². The van der Waals surface area contributed by atoms with Crippen LogP contribution in [0.4, 0.5) is 0 Å². The first-order valence-electron chi connectivity index (χ1n) is 11.3.